The highest BCUT2D eigenvalue weighted by Gasteiger charge is 2.23. The van der Waals surface area contributed by atoms with E-state index in [1.165, 1.54) is 0 Å². The second kappa shape index (κ2) is 6.72. The Labute approximate surface area is 120 Å². The average molecular weight is 277 g/mol. The number of ether oxygens (including phenoxy) is 1. The average Bonchev–Trinajstić information content (AvgIpc) is 2.43. The smallest absolute Gasteiger partial charge is 0.238 e. The van der Waals surface area contributed by atoms with Gasteiger partial charge in [0.05, 0.1) is 19.8 Å². The number of benzene rings is 1. The molecule has 0 spiro atoms. The lowest BCUT2D eigenvalue weighted by molar-refractivity contribution is -0.119. The molecule has 0 radical (unpaired) electrons. The van der Waals surface area contributed by atoms with E-state index in [-0.39, 0.29) is 5.91 Å². The van der Waals surface area contributed by atoms with E-state index in [0.717, 1.165) is 24.2 Å². The van der Waals surface area contributed by atoms with E-state index in [1.807, 2.05) is 19.1 Å². The van der Waals surface area contributed by atoms with Gasteiger partial charge in [0.2, 0.25) is 5.91 Å². The number of nitrogens with two attached hydrogens (primary N) is 1. The summed E-state index contributed by atoms with van der Waals surface area (Å²) in [5, 5.41) is 2.94. The first-order valence-corrected chi connectivity index (χ1v) is 7.08. The van der Waals surface area contributed by atoms with Crippen molar-refractivity contribution in [1.82, 2.24) is 4.90 Å². The van der Waals surface area contributed by atoms with E-state index in [4.69, 9.17) is 10.5 Å². The zero-order chi connectivity index (χ0) is 14.5. The van der Waals surface area contributed by atoms with Crippen molar-refractivity contribution in [3.05, 3.63) is 23.8 Å². The Morgan fingerprint density at radius 2 is 2.35 bits per heavy atom. The van der Waals surface area contributed by atoms with Crippen LogP contribution in [0.25, 0.3) is 0 Å². The third-order valence-electron chi connectivity index (χ3n) is 3.70. The van der Waals surface area contributed by atoms with E-state index in [2.05, 4.69) is 17.1 Å². The molecule has 1 aliphatic rings. The van der Waals surface area contributed by atoms with E-state index in [1.54, 1.807) is 6.07 Å². The van der Waals surface area contributed by atoms with Gasteiger partial charge in [0, 0.05) is 24.0 Å². The molecule has 110 valence electrons. The Balaban J connectivity index is 1.96. The molecule has 0 bridgehead atoms. The molecule has 5 heteroatoms. The summed E-state index contributed by atoms with van der Waals surface area (Å²) in [5.41, 5.74) is 8.21. The van der Waals surface area contributed by atoms with Crippen molar-refractivity contribution in [2.45, 2.75) is 26.3 Å². The van der Waals surface area contributed by atoms with Gasteiger partial charge in [-0.3, -0.25) is 9.69 Å². The Kier molecular flexibility index (Phi) is 4.98. The van der Waals surface area contributed by atoms with Gasteiger partial charge in [0.25, 0.3) is 0 Å². The van der Waals surface area contributed by atoms with Crippen LogP contribution in [0.3, 0.4) is 0 Å². The van der Waals surface area contributed by atoms with Crippen molar-refractivity contribution in [2.75, 3.05) is 37.4 Å². The van der Waals surface area contributed by atoms with Gasteiger partial charge >= 0.3 is 0 Å². The van der Waals surface area contributed by atoms with Crippen LogP contribution in [0, 0.1) is 6.92 Å². The molecule has 1 unspecified atom stereocenters. The summed E-state index contributed by atoms with van der Waals surface area (Å²) in [5.74, 6) is -0.000880. The molecule has 3 N–H and O–H groups in total. The maximum absolute atomic E-state index is 12.2. The lowest BCUT2D eigenvalue weighted by atomic mass is 10.1. The zero-order valence-electron chi connectivity index (χ0n) is 12.2. The van der Waals surface area contributed by atoms with Gasteiger partial charge in [0.1, 0.15) is 0 Å². The number of nitrogens with zero attached hydrogens (tertiary/aromatic N) is 1. The van der Waals surface area contributed by atoms with Gasteiger partial charge in [-0.1, -0.05) is 13.0 Å². The number of carbonyl (C=O) groups is 1. The molecule has 0 aromatic heterocycles. The molecular formula is C15H23N3O2. The van der Waals surface area contributed by atoms with E-state index >= 15 is 0 Å². The molecule has 2 rings (SSSR count). The minimum Gasteiger partial charge on any atom is -0.399 e. The Bertz CT molecular complexity index is 476. The van der Waals surface area contributed by atoms with E-state index < -0.39 is 0 Å². The number of hydrogen-bond acceptors (Lipinski definition) is 4. The molecule has 1 fully saturated rings. The molecule has 20 heavy (non-hydrogen) atoms. The SMILES string of the molecule is CCC1COCCN1CC(=O)Nc1cc(N)ccc1C. The standard InChI is InChI=1S/C15H23N3O2/c1-3-13-10-20-7-6-18(13)9-15(19)17-14-8-12(16)5-4-11(14)2/h4-5,8,13H,3,6-7,9-10,16H2,1-2H3,(H,17,19). The van der Waals surface area contributed by atoms with Crippen LogP contribution in [0.2, 0.25) is 0 Å². The monoisotopic (exact) mass is 277 g/mol. The molecular weight excluding hydrogens is 254 g/mol. The first-order valence-electron chi connectivity index (χ1n) is 7.08. The highest BCUT2D eigenvalue weighted by Crippen LogP contribution is 2.18. The second-order valence-corrected chi connectivity index (χ2v) is 5.23. The summed E-state index contributed by atoms with van der Waals surface area (Å²) in [6.45, 7) is 6.69. The van der Waals surface area contributed by atoms with Crippen LogP contribution >= 0.6 is 0 Å². The fourth-order valence-electron chi connectivity index (χ4n) is 2.42. The second-order valence-electron chi connectivity index (χ2n) is 5.23. The quantitative estimate of drug-likeness (QED) is 0.821. The number of carbonyl (C=O) groups excluding carboxylic acids is 1. The minimum atomic E-state index is -0.000880. The maximum Gasteiger partial charge on any atom is 0.238 e. The number of aryl methyl sites for hydroxylation is 1. The summed E-state index contributed by atoms with van der Waals surface area (Å²) in [7, 11) is 0. The summed E-state index contributed by atoms with van der Waals surface area (Å²) < 4.78 is 5.45. The molecule has 1 aromatic rings. The number of nitrogens with one attached hydrogen (secondary N) is 1. The molecule has 5 nitrogen and oxygen atoms in total. The summed E-state index contributed by atoms with van der Waals surface area (Å²) in [6.07, 6.45) is 0.991. The van der Waals surface area contributed by atoms with Crippen LogP contribution in [0.1, 0.15) is 18.9 Å². The molecule has 1 aromatic carbocycles. The molecule has 1 aliphatic heterocycles. The van der Waals surface area contributed by atoms with E-state index in [9.17, 15) is 4.79 Å². The normalized spacial score (nSPS) is 19.8. The van der Waals surface area contributed by atoms with Crippen LogP contribution in [-0.4, -0.2) is 43.2 Å². The van der Waals surface area contributed by atoms with Crippen molar-refractivity contribution in [1.29, 1.82) is 0 Å². The van der Waals surface area contributed by atoms with Crippen LogP contribution < -0.4 is 11.1 Å². The first-order chi connectivity index (χ1) is 9.60. The molecule has 1 amide bonds. The highest BCUT2D eigenvalue weighted by molar-refractivity contribution is 5.93. The summed E-state index contributed by atoms with van der Waals surface area (Å²) in [4.78, 5) is 14.4. The lowest BCUT2D eigenvalue weighted by Gasteiger charge is -2.34. The van der Waals surface area contributed by atoms with Crippen molar-refractivity contribution >= 4 is 17.3 Å². The minimum absolute atomic E-state index is 0.000880. The summed E-state index contributed by atoms with van der Waals surface area (Å²) >= 11 is 0. The van der Waals surface area contributed by atoms with Crippen LogP contribution in [-0.2, 0) is 9.53 Å². The molecule has 1 atom stereocenters. The van der Waals surface area contributed by atoms with Gasteiger partial charge < -0.3 is 15.8 Å². The van der Waals surface area contributed by atoms with Crippen molar-refractivity contribution in [3.8, 4) is 0 Å². The number of morpholine rings is 1. The number of hydrogen-bond donors (Lipinski definition) is 2. The zero-order valence-corrected chi connectivity index (χ0v) is 12.2. The molecule has 0 aliphatic carbocycles. The lowest BCUT2D eigenvalue weighted by Crippen LogP contribution is -2.48. The number of nitrogen functional groups attached to an aromatic ring is 1. The largest absolute Gasteiger partial charge is 0.399 e. The summed E-state index contributed by atoms with van der Waals surface area (Å²) in [6, 6.07) is 5.87. The van der Waals surface area contributed by atoms with Gasteiger partial charge in [-0.2, -0.15) is 0 Å². The van der Waals surface area contributed by atoms with Crippen LogP contribution in [0.15, 0.2) is 18.2 Å². The van der Waals surface area contributed by atoms with Crippen molar-refractivity contribution in [2.24, 2.45) is 0 Å². The van der Waals surface area contributed by atoms with Gasteiger partial charge in [-0.05, 0) is 31.0 Å². The van der Waals surface area contributed by atoms with Gasteiger partial charge in [-0.25, -0.2) is 0 Å². The molecule has 1 saturated heterocycles. The Hall–Kier alpha value is -1.59. The van der Waals surface area contributed by atoms with Crippen molar-refractivity contribution in [3.63, 3.8) is 0 Å². The van der Waals surface area contributed by atoms with E-state index in [0.29, 0.717) is 31.5 Å². The Morgan fingerprint density at radius 1 is 1.55 bits per heavy atom. The predicted octanol–water partition coefficient (Wildman–Crippen LogP) is 1.63. The fraction of sp³-hybridized carbons (Fsp3) is 0.533. The Morgan fingerprint density at radius 3 is 3.10 bits per heavy atom. The predicted molar refractivity (Wildman–Crippen MR) is 80.7 cm³/mol. The number of anilines is 2. The van der Waals surface area contributed by atoms with Gasteiger partial charge in [-0.15, -0.1) is 0 Å². The highest BCUT2D eigenvalue weighted by atomic mass is 16.5. The fourth-order valence-corrected chi connectivity index (χ4v) is 2.42. The maximum atomic E-state index is 12.2. The van der Waals surface area contributed by atoms with Crippen LogP contribution in [0.4, 0.5) is 11.4 Å². The van der Waals surface area contributed by atoms with Gasteiger partial charge in [0.15, 0.2) is 0 Å². The van der Waals surface area contributed by atoms with Crippen molar-refractivity contribution < 1.29 is 9.53 Å². The topological polar surface area (TPSA) is 67.6 Å². The third kappa shape index (κ3) is 3.71. The number of amides is 1. The molecule has 0 saturated carbocycles. The third-order valence-corrected chi connectivity index (χ3v) is 3.70. The molecule has 1 heterocycles. The van der Waals surface area contributed by atoms with Crippen LogP contribution in [0.5, 0.6) is 0 Å². The number of rotatable bonds is 4. The first kappa shape index (κ1) is 14.8.